The lowest BCUT2D eigenvalue weighted by Gasteiger charge is -2.29. The molecule has 38 heavy (non-hydrogen) atoms. The van der Waals surface area contributed by atoms with Gasteiger partial charge in [-0.2, -0.15) is 0 Å². The number of sulfonamides is 1. The fourth-order valence-corrected chi connectivity index (χ4v) is 5.04. The number of benzene rings is 2. The number of aryl methyl sites for hydroxylation is 2. The molecule has 8 nitrogen and oxygen atoms in total. The molecule has 1 saturated carbocycles. The van der Waals surface area contributed by atoms with Crippen LogP contribution in [-0.2, 0) is 30.8 Å². The minimum Gasteiger partial charge on any atom is -0.494 e. The number of anilines is 2. The molecule has 0 heterocycles. The Kier molecular flexibility index (Phi) is 9.13. The van der Waals surface area contributed by atoms with Gasteiger partial charge in [-0.05, 0) is 82.7 Å². The van der Waals surface area contributed by atoms with Gasteiger partial charge in [0.05, 0.1) is 31.1 Å². The molecule has 0 bridgehead atoms. The van der Waals surface area contributed by atoms with Crippen molar-refractivity contribution in [1.82, 2.24) is 0 Å². The predicted octanol–water partition coefficient (Wildman–Crippen LogP) is 4.87. The molecule has 3 rings (SSSR count). The van der Waals surface area contributed by atoms with Crippen LogP contribution in [0.15, 0.2) is 36.4 Å². The van der Waals surface area contributed by atoms with Crippen molar-refractivity contribution >= 4 is 33.3 Å². The number of hydrogen-bond acceptors (Lipinski definition) is 6. The number of methoxy groups -OCH3 is 1. The highest BCUT2D eigenvalue weighted by atomic mass is 32.2. The number of carbonyl (C=O) groups excluding carboxylic acids is 2. The number of hydrogen-bond donors (Lipinski definition) is 1. The summed E-state index contributed by atoms with van der Waals surface area (Å²) in [6.07, 6.45) is 3.42. The fourth-order valence-electron chi connectivity index (χ4n) is 4.05. The average Bonchev–Trinajstić information content (AvgIpc) is 3.67. The zero-order valence-electron chi connectivity index (χ0n) is 23.5. The molecule has 0 aromatic heterocycles. The molecule has 2 aromatic rings. The molecule has 0 spiro atoms. The quantitative estimate of drug-likeness (QED) is 0.405. The Morgan fingerprint density at radius 3 is 2.32 bits per heavy atom. The predicted molar refractivity (Wildman–Crippen MR) is 150 cm³/mol. The molecule has 2 aromatic carbocycles. The van der Waals surface area contributed by atoms with Crippen molar-refractivity contribution in [2.75, 3.05) is 36.1 Å². The van der Waals surface area contributed by atoms with Crippen LogP contribution in [0.1, 0.15) is 50.3 Å². The van der Waals surface area contributed by atoms with Gasteiger partial charge in [-0.25, -0.2) is 8.42 Å². The van der Waals surface area contributed by atoms with Crippen LogP contribution >= 0.6 is 0 Å². The molecule has 0 aliphatic heterocycles. The first-order chi connectivity index (χ1) is 17.7. The normalized spacial score (nSPS) is 14.5. The first-order valence-electron chi connectivity index (χ1n) is 12.9. The number of esters is 1. The van der Waals surface area contributed by atoms with Gasteiger partial charge in [0.1, 0.15) is 5.75 Å². The molecule has 1 fully saturated rings. The van der Waals surface area contributed by atoms with E-state index in [9.17, 15) is 18.0 Å². The Morgan fingerprint density at radius 2 is 1.76 bits per heavy atom. The summed E-state index contributed by atoms with van der Waals surface area (Å²) in [4.78, 5) is 24.8. The third-order valence-electron chi connectivity index (χ3n) is 6.65. The second-order valence-corrected chi connectivity index (χ2v) is 13.2. The Hall–Kier alpha value is -3.07. The van der Waals surface area contributed by atoms with Gasteiger partial charge in [-0.3, -0.25) is 13.9 Å². The highest BCUT2D eigenvalue weighted by Crippen LogP contribution is 2.35. The summed E-state index contributed by atoms with van der Waals surface area (Å²) >= 11 is 0. The number of nitrogens with zero attached hydrogens (tertiary/aromatic N) is 1. The molecule has 1 N–H and O–H groups in total. The van der Waals surface area contributed by atoms with E-state index in [0.29, 0.717) is 23.5 Å². The minimum absolute atomic E-state index is 0.0372. The highest BCUT2D eigenvalue weighted by molar-refractivity contribution is 7.92. The standard InChI is InChI=1S/C29H40N2O6S/c1-19-8-9-21(14-20(19)2)15-22(18-37-28(33)29(3,4)5)17-31(38(7,34)35)25-13-12-24(16-26(25)36-6)30-27(32)23-10-11-23/h8-9,12-14,16,22-23H,10-11,15,17-18H2,1-7H3,(H,30,32). The molecular weight excluding hydrogens is 504 g/mol. The summed E-state index contributed by atoms with van der Waals surface area (Å²) < 4.78 is 38.6. The summed E-state index contributed by atoms with van der Waals surface area (Å²) in [5, 5.41) is 2.87. The van der Waals surface area contributed by atoms with Gasteiger partial charge in [0.2, 0.25) is 15.9 Å². The summed E-state index contributed by atoms with van der Waals surface area (Å²) in [5.41, 5.74) is 3.56. The van der Waals surface area contributed by atoms with Crippen LogP contribution in [0.4, 0.5) is 11.4 Å². The SMILES string of the molecule is COc1cc(NC(=O)C2CC2)ccc1N(CC(COC(=O)C(C)(C)C)Cc1ccc(C)c(C)c1)S(C)(=O)=O. The van der Waals surface area contributed by atoms with E-state index in [4.69, 9.17) is 9.47 Å². The first-order valence-corrected chi connectivity index (χ1v) is 14.7. The maximum Gasteiger partial charge on any atom is 0.311 e. The third kappa shape index (κ3) is 7.96. The van der Waals surface area contributed by atoms with E-state index in [-0.39, 0.29) is 36.9 Å². The molecule has 1 aliphatic carbocycles. The van der Waals surface area contributed by atoms with Crippen molar-refractivity contribution in [2.24, 2.45) is 17.3 Å². The maximum absolute atomic E-state index is 13.0. The summed E-state index contributed by atoms with van der Waals surface area (Å²) in [6, 6.07) is 11.1. The number of carbonyl (C=O) groups is 2. The van der Waals surface area contributed by atoms with Gasteiger partial charge in [-0.15, -0.1) is 0 Å². The maximum atomic E-state index is 13.0. The van der Waals surface area contributed by atoms with Crippen LogP contribution in [-0.4, -0.2) is 46.8 Å². The average molecular weight is 545 g/mol. The molecule has 0 saturated heterocycles. The van der Waals surface area contributed by atoms with E-state index >= 15 is 0 Å². The molecule has 9 heteroatoms. The van der Waals surface area contributed by atoms with Crippen LogP contribution in [0.3, 0.4) is 0 Å². The summed E-state index contributed by atoms with van der Waals surface area (Å²) in [7, 11) is -2.27. The minimum atomic E-state index is -3.73. The van der Waals surface area contributed by atoms with E-state index in [1.54, 1.807) is 39.0 Å². The molecule has 1 aliphatic rings. The molecule has 1 amide bonds. The number of rotatable bonds is 11. The largest absolute Gasteiger partial charge is 0.494 e. The lowest BCUT2D eigenvalue weighted by Crippen LogP contribution is -2.38. The van der Waals surface area contributed by atoms with Gasteiger partial charge in [0, 0.05) is 30.1 Å². The van der Waals surface area contributed by atoms with E-state index in [1.807, 2.05) is 26.0 Å². The van der Waals surface area contributed by atoms with Gasteiger partial charge in [0.25, 0.3) is 0 Å². The van der Waals surface area contributed by atoms with Crippen molar-refractivity contribution in [1.29, 1.82) is 0 Å². The Morgan fingerprint density at radius 1 is 1.08 bits per heavy atom. The lowest BCUT2D eigenvalue weighted by atomic mass is 9.95. The smallest absolute Gasteiger partial charge is 0.311 e. The van der Waals surface area contributed by atoms with Crippen molar-refractivity contribution in [3.05, 3.63) is 53.1 Å². The Bertz CT molecular complexity index is 1280. The molecule has 208 valence electrons. The van der Waals surface area contributed by atoms with Gasteiger partial charge in [0.15, 0.2) is 0 Å². The van der Waals surface area contributed by atoms with Crippen LogP contribution in [0.25, 0.3) is 0 Å². The van der Waals surface area contributed by atoms with Crippen molar-refractivity contribution in [3.8, 4) is 5.75 Å². The van der Waals surface area contributed by atoms with E-state index < -0.39 is 15.4 Å². The van der Waals surface area contributed by atoms with Gasteiger partial charge < -0.3 is 14.8 Å². The first kappa shape index (κ1) is 29.5. The molecule has 1 atom stereocenters. The van der Waals surface area contributed by atoms with Crippen LogP contribution in [0.5, 0.6) is 5.75 Å². The fraction of sp³-hybridized carbons (Fsp3) is 0.517. The summed E-state index contributed by atoms with van der Waals surface area (Å²) in [5.74, 6) is -0.358. The number of amides is 1. The Balaban J connectivity index is 1.91. The van der Waals surface area contributed by atoms with Crippen molar-refractivity contribution in [3.63, 3.8) is 0 Å². The number of ether oxygens (including phenoxy) is 2. The lowest BCUT2D eigenvalue weighted by molar-refractivity contribution is -0.154. The van der Waals surface area contributed by atoms with Crippen LogP contribution in [0, 0.1) is 31.1 Å². The van der Waals surface area contributed by atoms with Gasteiger partial charge >= 0.3 is 5.97 Å². The van der Waals surface area contributed by atoms with Crippen molar-refractivity contribution in [2.45, 2.75) is 53.9 Å². The zero-order chi connectivity index (χ0) is 28.3. The third-order valence-corrected chi connectivity index (χ3v) is 7.79. The zero-order valence-corrected chi connectivity index (χ0v) is 24.3. The Labute approximate surface area is 226 Å². The summed E-state index contributed by atoms with van der Waals surface area (Å²) in [6.45, 7) is 9.56. The second kappa shape index (κ2) is 11.8. The highest BCUT2D eigenvalue weighted by Gasteiger charge is 2.31. The van der Waals surface area contributed by atoms with Crippen LogP contribution in [0.2, 0.25) is 0 Å². The second-order valence-electron chi connectivity index (χ2n) is 11.3. The van der Waals surface area contributed by atoms with Crippen LogP contribution < -0.4 is 14.4 Å². The van der Waals surface area contributed by atoms with Gasteiger partial charge in [-0.1, -0.05) is 18.2 Å². The molecule has 0 radical (unpaired) electrons. The van der Waals surface area contributed by atoms with Crippen molar-refractivity contribution < 1.29 is 27.5 Å². The van der Waals surface area contributed by atoms with E-state index in [0.717, 1.165) is 30.2 Å². The topological polar surface area (TPSA) is 102 Å². The molecule has 1 unspecified atom stereocenters. The van der Waals surface area contributed by atoms with E-state index in [2.05, 4.69) is 11.4 Å². The molecular formula is C29H40N2O6S. The monoisotopic (exact) mass is 544 g/mol. The van der Waals surface area contributed by atoms with E-state index in [1.165, 1.54) is 17.0 Å². The number of nitrogens with one attached hydrogen (secondary N) is 1.